The van der Waals surface area contributed by atoms with Gasteiger partial charge in [0.05, 0.1) is 35.6 Å². The van der Waals surface area contributed by atoms with E-state index in [4.69, 9.17) is 14.2 Å². The lowest BCUT2D eigenvalue weighted by molar-refractivity contribution is -0.139. The molecular weight excluding hydrogens is 468 g/mol. The van der Waals surface area contributed by atoms with Gasteiger partial charge in [-0.3, -0.25) is 14.2 Å². The maximum atomic E-state index is 13.6. The van der Waals surface area contributed by atoms with E-state index in [2.05, 4.69) is 4.99 Å². The zero-order valence-electron chi connectivity index (χ0n) is 19.7. The van der Waals surface area contributed by atoms with Crippen LogP contribution in [0.25, 0.3) is 6.08 Å². The number of carbonyl (C=O) groups excluding carboxylic acids is 2. The molecule has 1 aromatic heterocycles. The molecule has 0 radical (unpaired) electrons. The molecule has 180 valence electrons. The number of fused-ring (bicyclic) bond motifs is 1. The van der Waals surface area contributed by atoms with Gasteiger partial charge in [-0.25, -0.2) is 9.79 Å². The number of hydrogen-bond donors (Lipinski definition) is 0. The number of carbonyl (C=O) groups is 2. The van der Waals surface area contributed by atoms with Gasteiger partial charge in [0.1, 0.15) is 0 Å². The quantitative estimate of drug-likeness (QED) is 0.388. The van der Waals surface area contributed by atoms with E-state index in [1.54, 1.807) is 38.1 Å². The van der Waals surface area contributed by atoms with Crippen LogP contribution < -0.4 is 24.4 Å². The Morgan fingerprint density at radius 2 is 1.89 bits per heavy atom. The molecule has 0 bridgehead atoms. The van der Waals surface area contributed by atoms with E-state index in [1.807, 2.05) is 30.3 Å². The highest BCUT2D eigenvalue weighted by Crippen LogP contribution is 2.31. The van der Waals surface area contributed by atoms with Gasteiger partial charge in [0.25, 0.3) is 5.56 Å². The second-order valence-corrected chi connectivity index (χ2v) is 8.73. The predicted octanol–water partition coefficient (Wildman–Crippen LogP) is 2.73. The van der Waals surface area contributed by atoms with Crippen molar-refractivity contribution in [2.45, 2.75) is 26.8 Å². The third-order valence-electron chi connectivity index (χ3n) is 5.37. The summed E-state index contributed by atoms with van der Waals surface area (Å²) in [5.41, 5.74) is 2.03. The summed E-state index contributed by atoms with van der Waals surface area (Å²) < 4.78 is 17.8. The second-order valence-electron chi connectivity index (χ2n) is 7.72. The molecule has 0 fully saturated rings. The van der Waals surface area contributed by atoms with Crippen LogP contribution in [0.3, 0.4) is 0 Å². The van der Waals surface area contributed by atoms with Crippen molar-refractivity contribution in [1.29, 1.82) is 0 Å². The number of benzene rings is 2. The summed E-state index contributed by atoms with van der Waals surface area (Å²) >= 11 is 1.23. The third-order valence-corrected chi connectivity index (χ3v) is 6.35. The number of esters is 2. The fraction of sp³-hybridized carbons (Fsp3) is 0.231. The summed E-state index contributed by atoms with van der Waals surface area (Å²) in [6, 6.07) is 13.7. The minimum atomic E-state index is -0.658. The van der Waals surface area contributed by atoms with Crippen LogP contribution in [0.1, 0.15) is 37.9 Å². The number of thiazole rings is 1. The fourth-order valence-electron chi connectivity index (χ4n) is 3.91. The van der Waals surface area contributed by atoms with E-state index >= 15 is 0 Å². The zero-order chi connectivity index (χ0) is 25.1. The summed E-state index contributed by atoms with van der Waals surface area (Å²) in [5.74, 6) is -0.303. The number of allylic oxidation sites excluding steroid dienone is 1. The Bertz CT molecular complexity index is 1500. The lowest BCUT2D eigenvalue weighted by atomic mass is 9.96. The standard InChI is InChI=1S/C26H24N2O6S/c1-5-33-25(31)22-15(2)27-26-28(23(22)18-9-7-6-8-10-18)24(30)21(35-26)14-17-11-12-19(34-16(3)29)20(13-17)32-4/h6-14,23H,5H2,1-4H3. The van der Waals surface area contributed by atoms with Crippen molar-refractivity contribution in [2.75, 3.05) is 13.7 Å². The number of aromatic nitrogens is 1. The third kappa shape index (κ3) is 4.81. The highest BCUT2D eigenvalue weighted by atomic mass is 32.1. The van der Waals surface area contributed by atoms with Gasteiger partial charge in [-0.2, -0.15) is 0 Å². The van der Waals surface area contributed by atoms with Crippen LogP contribution in [-0.2, 0) is 14.3 Å². The molecule has 9 heteroatoms. The maximum absolute atomic E-state index is 13.6. The van der Waals surface area contributed by atoms with Gasteiger partial charge in [-0.15, -0.1) is 0 Å². The van der Waals surface area contributed by atoms with Gasteiger partial charge in [0, 0.05) is 6.92 Å². The van der Waals surface area contributed by atoms with Gasteiger partial charge in [0.2, 0.25) is 0 Å². The first kappa shape index (κ1) is 24.2. The van der Waals surface area contributed by atoms with Crippen LogP contribution in [0, 0.1) is 0 Å². The summed E-state index contributed by atoms with van der Waals surface area (Å²) in [6.45, 7) is 5.01. The van der Waals surface area contributed by atoms with Crippen LogP contribution in [0.4, 0.5) is 0 Å². The fourth-order valence-corrected chi connectivity index (χ4v) is 4.95. The molecule has 0 saturated carbocycles. The van der Waals surface area contributed by atoms with Crippen molar-refractivity contribution in [3.63, 3.8) is 0 Å². The van der Waals surface area contributed by atoms with Crippen LogP contribution in [0.15, 0.2) is 69.6 Å². The van der Waals surface area contributed by atoms with E-state index in [0.717, 1.165) is 5.56 Å². The van der Waals surface area contributed by atoms with E-state index in [0.29, 0.717) is 31.9 Å². The highest BCUT2D eigenvalue weighted by Gasteiger charge is 2.33. The van der Waals surface area contributed by atoms with E-state index in [-0.39, 0.29) is 17.9 Å². The Balaban J connectivity index is 1.88. The van der Waals surface area contributed by atoms with E-state index < -0.39 is 18.0 Å². The van der Waals surface area contributed by atoms with Crippen molar-refractivity contribution in [3.8, 4) is 11.5 Å². The molecule has 0 N–H and O–H groups in total. The lowest BCUT2D eigenvalue weighted by Crippen LogP contribution is -2.39. The molecule has 35 heavy (non-hydrogen) atoms. The van der Waals surface area contributed by atoms with Crippen molar-refractivity contribution < 1.29 is 23.8 Å². The van der Waals surface area contributed by atoms with Gasteiger partial charge in [0.15, 0.2) is 16.3 Å². The Hall–Kier alpha value is -3.98. The molecule has 8 nitrogen and oxygen atoms in total. The number of ether oxygens (including phenoxy) is 3. The normalized spacial score (nSPS) is 15.3. The first-order valence-corrected chi connectivity index (χ1v) is 11.8. The molecule has 4 rings (SSSR count). The Labute approximate surface area is 205 Å². The molecular formula is C26H24N2O6S. The Morgan fingerprint density at radius 3 is 2.54 bits per heavy atom. The molecule has 0 amide bonds. The molecule has 2 heterocycles. The number of hydrogen-bond acceptors (Lipinski definition) is 8. The number of methoxy groups -OCH3 is 1. The minimum Gasteiger partial charge on any atom is -0.493 e. The average Bonchev–Trinajstić information content (AvgIpc) is 3.13. The summed E-state index contributed by atoms with van der Waals surface area (Å²) in [4.78, 5) is 42.9. The average molecular weight is 493 g/mol. The number of nitrogens with zero attached hydrogens (tertiary/aromatic N) is 2. The smallest absolute Gasteiger partial charge is 0.338 e. The first-order valence-electron chi connectivity index (χ1n) is 10.9. The maximum Gasteiger partial charge on any atom is 0.338 e. The zero-order valence-corrected chi connectivity index (χ0v) is 20.5. The predicted molar refractivity (Wildman–Crippen MR) is 131 cm³/mol. The summed E-state index contributed by atoms with van der Waals surface area (Å²) in [7, 11) is 1.47. The molecule has 1 atom stereocenters. The molecule has 1 aliphatic rings. The van der Waals surface area contributed by atoms with Crippen molar-refractivity contribution in [3.05, 3.63) is 90.6 Å². The Kier molecular flexibility index (Phi) is 6.97. The monoisotopic (exact) mass is 492 g/mol. The lowest BCUT2D eigenvalue weighted by Gasteiger charge is -2.24. The molecule has 0 saturated heterocycles. The van der Waals surface area contributed by atoms with Crippen LogP contribution >= 0.6 is 11.3 Å². The van der Waals surface area contributed by atoms with E-state index in [9.17, 15) is 14.4 Å². The Morgan fingerprint density at radius 1 is 1.14 bits per heavy atom. The minimum absolute atomic E-state index is 0.215. The van der Waals surface area contributed by atoms with Gasteiger partial charge in [-0.1, -0.05) is 47.7 Å². The van der Waals surface area contributed by atoms with Gasteiger partial charge < -0.3 is 14.2 Å². The molecule has 1 aliphatic heterocycles. The van der Waals surface area contributed by atoms with Gasteiger partial charge in [-0.05, 0) is 43.2 Å². The molecule has 2 aromatic carbocycles. The van der Waals surface area contributed by atoms with Crippen molar-refractivity contribution >= 4 is 29.4 Å². The molecule has 0 aliphatic carbocycles. The SMILES string of the molecule is CCOC(=O)C1=C(C)N=c2sc(=Cc3ccc(OC(C)=O)c(OC)c3)c(=O)n2C1c1ccccc1. The van der Waals surface area contributed by atoms with Crippen molar-refractivity contribution in [2.24, 2.45) is 4.99 Å². The molecule has 0 spiro atoms. The van der Waals surface area contributed by atoms with Crippen LogP contribution in [0.2, 0.25) is 0 Å². The summed E-state index contributed by atoms with van der Waals surface area (Å²) in [5, 5.41) is 0. The second kappa shape index (κ2) is 10.1. The van der Waals surface area contributed by atoms with Crippen LogP contribution in [-0.4, -0.2) is 30.2 Å². The van der Waals surface area contributed by atoms with Gasteiger partial charge >= 0.3 is 11.9 Å². The molecule has 3 aromatic rings. The highest BCUT2D eigenvalue weighted by molar-refractivity contribution is 7.07. The van der Waals surface area contributed by atoms with E-state index in [1.165, 1.54) is 29.9 Å². The largest absolute Gasteiger partial charge is 0.493 e. The number of rotatable bonds is 6. The van der Waals surface area contributed by atoms with Crippen LogP contribution in [0.5, 0.6) is 11.5 Å². The van der Waals surface area contributed by atoms with Crippen molar-refractivity contribution in [1.82, 2.24) is 4.57 Å². The summed E-state index contributed by atoms with van der Waals surface area (Å²) in [6.07, 6.45) is 1.72. The first-order chi connectivity index (χ1) is 16.8. The molecule has 1 unspecified atom stereocenters. The topological polar surface area (TPSA) is 96.2 Å².